The van der Waals surface area contributed by atoms with Crippen LogP contribution >= 0.6 is 0 Å². The Hall–Kier alpha value is -1.64. The molecule has 8 heteroatoms. The highest BCUT2D eigenvalue weighted by Gasteiger charge is 2.29. The van der Waals surface area contributed by atoms with E-state index >= 15 is 0 Å². The van der Waals surface area contributed by atoms with Crippen LogP contribution in [0.2, 0.25) is 0 Å². The first-order chi connectivity index (χ1) is 13.0. The highest BCUT2D eigenvalue weighted by molar-refractivity contribution is 7.93. The summed E-state index contributed by atoms with van der Waals surface area (Å²) in [5.74, 6) is 0.215. The molecule has 1 aromatic carbocycles. The number of carbonyl (C=O) groups is 1. The summed E-state index contributed by atoms with van der Waals surface area (Å²) in [6.07, 6.45) is 3.29. The molecule has 0 N–H and O–H groups in total. The fourth-order valence-corrected chi connectivity index (χ4v) is 5.66. The topological polar surface area (TPSA) is 70.2 Å². The fraction of sp³-hybridized carbons (Fsp3) is 0.632. The van der Waals surface area contributed by atoms with Gasteiger partial charge in [0.25, 0.3) is 5.91 Å². The van der Waals surface area contributed by atoms with E-state index in [9.17, 15) is 13.2 Å². The standard InChI is InChI=1S/C19H27N3O4S/c23-19(21-11-9-20(10-12-21)15-18-3-1-13-26-18)16-4-6-17(7-5-16)22-8-2-14-27(22,24)25/h4-7,18H,1-3,8-15H2. The number of hydrogen-bond acceptors (Lipinski definition) is 5. The molecule has 0 saturated carbocycles. The molecule has 3 aliphatic rings. The summed E-state index contributed by atoms with van der Waals surface area (Å²) in [6, 6.07) is 6.96. The monoisotopic (exact) mass is 393 g/mol. The smallest absolute Gasteiger partial charge is 0.253 e. The number of nitrogens with zero attached hydrogens (tertiary/aromatic N) is 3. The molecule has 1 unspecified atom stereocenters. The Labute approximate surface area is 160 Å². The molecule has 27 heavy (non-hydrogen) atoms. The summed E-state index contributed by atoms with van der Waals surface area (Å²) in [5, 5.41) is 0. The first kappa shape index (κ1) is 18.7. The van der Waals surface area contributed by atoms with Crippen LogP contribution in [0.25, 0.3) is 0 Å². The Morgan fingerprint density at radius 1 is 1.04 bits per heavy atom. The van der Waals surface area contributed by atoms with Crippen molar-refractivity contribution < 1.29 is 17.9 Å². The maximum Gasteiger partial charge on any atom is 0.253 e. The third kappa shape index (κ3) is 4.12. The molecule has 3 saturated heterocycles. The number of amides is 1. The van der Waals surface area contributed by atoms with Crippen molar-refractivity contribution in [2.45, 2.75) is 25.4 Å². The zero-order valence-electron chi connectivity index (χ0n) is 15.5. The van der Waals surface area contributed by atoms with Crippen LogP contribution in [-0.2, 0) is 14.8 Å². The van der Waals surface area contributed by atoms with E-state index in [2.05, 4.69) is 4.90 Å². The summed E-state index contributed by atoms with van der Waals surface area (Å²) in [7, 11) is -3.19. The second kappa shape index (κ2) is 7.77. The first-order valence-corrected chi connectivity index (χ1v) is 11.4. The van der Waals surface area contributed by atoms with Gasteiger partial charge in [-0.05, 0) is 43.5 Å². The number of hydrogen-bond donors (Lipinski definition) is 0. The molecular formula is C19H27N3O4S. The molecule has 4 rings (SSSR count). The van der Waals surface area contributed by atoms with Gasteiger partial charge in [-0.1, -0.05) is 0 Å². The van der Waals surface area contributed by atoms with Crippen LogP contribution in [0, 0.1) is 0 Å². The van der Waals surface area contributed by atoms with Gasteiger partial charge in [-0.2, -0.15) is 0 Å². The van der Waals surface area contributed by atoms with Gasteiger partial charge in [0.05, 0.1) is 17.5 Å². The largest absolute Gasteiger partial charge is 0.377 e. The van der Waals surface area contributed by atoms with Crippen LogP contribution in [0.5, 0.6) is 0 Å². The number of carbonyl (C=O) groups excluding carboxylic acids is 1. The van der Waals surface area contributed by atoms with Gasteiger partial charge in [-0.25, -0.2) is 8.42 Å². The minimum Gasteiger partial charge on any atom is -0.377 e. The van der Waals surface area contributed by atoms with Crippen molar-refractivity contribution in [3.8, 4) is 0 Å². The van der Waals surface area contributed by atoms with Crippen LogP contribution < -0.4 is 4.31 Å². The number of piperazine rings is 1. The molecular weight excluding hydrogens is 366 g/mol. The number of benzene rings is 1. The SMILES string of the molecule is O=C(c1ccc(N2CCCS2(=O)=O)cc1)N1CCN(CC2CCCO2)CC1. The molecule has 0 radical (unpaired) electrons. The molecule has 3 aliphatic heterocycles. The van der Waals surface area contributed by atoms with E-state index < -0.39 is 10.0 Å². The summed E-state index contributed by atoms with van der Waals surface area (Å²) < 4.78 is 31.2. The van der Waals surface area contributed by atoms with Crippen LogP contribution in [-0.4, -0.2) is 81.9 Å². The Balaban J connectivity index is 1.33. The van der Waals surface area contributed by atoms with E-state index in [1.165, 1.54) is 4.31 Å². The van der Waals surface area contributed by atoms with Crippen LogP contribution in [0.4, 0.5) is 5.69 Å². The minimum absolute atomic E-state index is 0.0163. The van der Waals surface area contributed by atoms with Crippen LogP contribution in [0.3, 0.4) is 0 Å². The van der Waals surface area contributed by atoms with Crippen molar-refractivity contribution in [1.29, 1.82) is 0 Å². The zero-order chi connectivity index (χ0) is 18.9. The number of anilines is 1. The molecule has 1 atom stereocenters. The molecule has 3 fully saturated rings. The lowest BCUT2D eigenvalue weighted by Gasteiger charge is -2.35. The highest BCUT2D eigenvalue weighted by atomic mass is 32.2. The second-order valence-electron chi connectivity index (χ2n) is 7.52. The van der Waals surface area contributed by atoms with Crippen LogP contribution in [0.1, 0.15) is 29.6 Å². The summed E-state index contributed by atoms with van der Waals surface area (Å²) >= 11 is 0. The Morgan fingerprint density at radius 2 is 1.78 bits per heavy atom. The van der Waals surface area contributed by atoms with Gasteiger partial charge >= 0.3 is 0 Å². The van der Waals surface area contributed by atoms with Gasteiger partial charge in [-0.15, -0.1) is 0 Å². The first-order valence-electron chi connectivity index (χ1n) is 9.77. The van der Waals surface area contributed by atoms with Gasteiger partial charge in [0.2, 0.25) is 10.0 Å². The zero-order valence-corrected chi connectivity index (χ0v) is 16.4. The van der Waals surface area contributed by atoms with Gasteiger partial charge in [-0.3, -0.25) is 14.0 Å². The van der Waals surface area contributed by atoms with E-state index in [0.29, 0.717) is 43.4 Å². The number of sulfonamides is 1. The average molecular weight is 394 g/mol. The van der Waals surface area contributed by atoms with Crippen molar-refractivity contribution >= 4 is 21.6 Å². The lowest BCUT2D eigenvalue weighted by molar-refractivity contribution is 0.0433. The maximum atomic E-state index is 12.8. The quantitative estimate of drug-likeness (QED) is 0.768. The average Bonchev–Trinajstić information content (AvgIpc) is 3.31. The third-order valence-corrected chi connectivity index (χ3v) is 7.52. The Bertz CT molecular complexity index is 767. The van der Waals surface area contributed by atoms with Gasteiger partial charge in [0.15, 0.2) is 0 Å². The van der Waals surface area contributed by atoms with Gasteiger partial charge in [0.1, 0.15) is 0 Å². The third-order valence-electron chi connectivity index (χ3n) is 5.65. The lowest BCUT2D eigenvalue weighted by atomic mass is 10.1. The van der Waals surface area contributed by atoms with Crippen molar-refractivity contribution in [1.82, 2.24) is 9.80 Å². The Morgan fingerprint density at radius 3 is 2.37 bits per heavy atom. The molecule has 3 heterocycles. The fourth-order valence-electron chi connectivity index (χ4n) is 4.09. The van der Waals surface area contributed by atoms with E-state index in [4.69, 9.17) is 4.74 Å². The predicted molar refractivity (Wildman–Crippen MR) is 104 cm³/mol. The molecule has 0 spiro atoms. The molecule has 0 aromatic heterocycles. The maximum absolute atomic E-state index is 12.8. The summed E-state index contributed by atoms with van der Waals surface area (Å²) in [6.45, 7) is 5.52. The second-order valence-corrected chi connectivity index (χ2v) is 9.53. The summed E-state index contributed by atoms with van der Waals surface area (Å²) in [4.78, 5) is 17.0. The van der Waals surface area contributed by atoms with E-state index in [1.807, 2.05) is 4.90 Å². The van der Waals surface area contributed by atoms with Crippen LogP contribution in [0.15, 0.2) is 24.3 Å². The highest BCUT2D eigenvalue weighted by Crippen LogP contribution is 2.24. The predicted octanol–water partition coefficient (Wildman–Crippen LogP) is 1.16. The molecule has 148 valence electrons. The lowest BCUT2D eigenvalue weighted by Crippen LogP contribution is -2.50. The van der Waals surface area contributed by atoms with E-state index in [0.717, 1.165) is 39.1 Å². The van der Waals surface area contributed by atoms with Gasteiger partial charge < -0.3 is 9.64 Å². The number of ether oxygens (including phenoxy) is 1. The normalized spacial score (nSPS) is 25.9. The Kier molecular flexibility index (Phi) is 5.39. The molecule has 0 aliphatic carbocycles. The minimum atomic E-state index is -3.19. The van der Waals surface area contributed by atoms with Crippen molar-refractivity contribution in [2.75, 3.05) is 55.9 Å². The number of rotatable bonds is 4. The molecule has 1 amide bonds. The molecule has 1 aromatic rings. The van der Waals surface area contributed by atoms with Gasteiger partial charge in [0, 0.05) is 51.4 Å². The van der Waals surface area contributed by atoms with Crippen molar-refractivity contribution in [2.24, 2.45) is 0 Å². The van der Waals surface area contributed by atoms with E-state index in [-0.39, 0.29) is 11.7 Å². The molecule has 7 nitrogen and oxygen atoms in total. The van der Waals surface area contributed by atoms with E-state index in [1.54, 1.807) is 24.3 Å². The molecule has 0 bridgehead atoms. The van der Waals surface area contributed by atoms with Crippen molar-refractivity contribution in [3.63, 3.8) is 0 Å². The van der Waals surface area contributed by atoms with Crippen molar-refractivity contribution in [3.05, 3.63) is 29.8 Å². The summed E-state index contributed by atoms with van der Waals surface area (Å²) in [5.41, 5.74) is 1.26.